The number of aromatic nitrogens is 1. The molecule has 5 nitrogen and oxygen atoms in total. The summed E-state index contributed by atoms with van der Waals surface area (Å²) in [4.78, 5) is 15.6. The van der Waals surface area contributed by atoms with Crippen LogP contribution in [0.4, 0.5) is 0 Å². The van der Waals surface area contributed by atoms with E-state index >= 15 is 0 Å². The minimum absolute atomic E-state index is 0.0757. The molecule has 2 heterocycles. The lowest BCUT2D eigenvalue weighted by molar-refractivity contribution is 0.0593. The maximum absolute atomic E-state index is 11.5. The molecule has 5 heteroatoms. The molecular formula is C11H10N2O3. The van der Waals surface area contributed by atoms with Gasteiger partial charge in [0.25, 0.3) is 0 Å². The van der Waals surface area contributed by atoms with Crippen molar-refractivity contribution in [3.05, 3.63) is 28.1 Å². The molecule has 16 heavy (non-hydrogen) atoms. The predicted molar refractivity (Wildman–Crippen MR) is 53.5 cm³/mol. The van der Waals surface area contributed by atoms with Crippen LogP contribution in [-0.4, -0.2) is 18.1 Å². The largest absolute Gasteiger partial charge is 0.464 e. The molecule has 0 radical (unpaired) electrons. The molecule has 0 amide bonds. The molecule has 0 aromatic carbocycles. The van der Waals surface area contributed by atoms with Crippen molar-refractivity contribution < 1.29 is 14.3 Å². The summed E-state index contributed by atoms with van der Waals surface area (Å²) in [5.41, 5.74) is 2.73. The van der Waals surface area contributed by atoms with Gasteiger partial charge in [0.05, 0.1) is 31.6 Å². The number of pyridine rings is 1. The first-order valence-corrected chi connectivity index (χ1v) is 4.77. The number of fused-ring (bicyclic) bond motifs is 1. The van der Waals surface area contributed by atoms with E-state index in [1.807, 2.05) is 6.07 Å². The molecule has 82 valence electrons. The number of nitrogens with zero attached hydrogens (tertiary/aromatic N) is 2. The Kier molecular flexibility index (Phi) is 2.59. The van der Waals surface area contributed by atoms with Crippen molar-refractivity contribution in [2.45, 2.75) is 20.1 Å². The molecule has 2 rings (SSSR count). The molecule has 0 fully saturated rings. The maximum Gasteiger partial charge on any atom is 0.358 e. The molecule has 0 N–H and O–H groups in total. The number of carbonyl (C=O) groups is 1. The van der Waals surface area contributed by atoms with Gasteiger partial charge in [-0.1, -0.05) is 0 Å². The zero-order valence-electron chi connectivity index (χ0n) is 9.03. The highest BCUT2D eigenvalue weighted by atomic mass is 16.5. The lowest BCUT2D eigenvalue weighted by Crippen LogP contribution is -2.11. The van der Waals surface area contributed by atoms with E-state index in [4.69, 9.17) is 10.00 Å². The van der Waals surface area contributed by atoms with Crippen LogP contribution in [0.2, 0.25) is 0 Å². The fraction of sp³-hybridized carbons (Fsp3) is 0.364. The molecule has 0 bridgehead atoms. The minimum atomic E-state index is -0.589. The highest BCUT2D eigenvalue weighted by Gasteiger charge is 2.24. The highest BCUT2D eigenvalue weighted by Crippen LogP contribution is 2.26. The van der Waals surface area contributed by atoms with Crippen LogP contribution in [0, 0.1) is 18.3 Å². The molecular weight excluding hydrogens is 208 g/mol. The number of hydrogen-bond acceptors (Lipinski definition) is 5. The topological polar surface area (TPSA) is 72.2 Å². The second kappa shape index (κ2) is 3.91. The summed E-state index contributed by atoms with van der Waals surface area (Å²) in [6.07, 6.45) is 0. The molecule has 1 aromatic heterocycles. The average molecular weight is 218 g/mol. The number of rotatable bonds is 1. The summed E-state index contributed by atoms with van der Waals surface area (Å²) in [6, 6.07) is 1.99. The predicted octanol–water partition coefficient (Wildman–Crippen LogP) is 1.08. The molecule has 0 aliphatic carbocycles. The Balaban J connectivity index is 2.67. The van der Waals surface area contributed by atoms with Gasteiger partial charge in [-0.05, 0) is 12.5 Å². The Bertz CT molecular complexity index is 503. The molecule has 0 spiro atoms. The van der Waals surface area contributed by atoms with Gasteiger partial charge in [-0.15, -0.1) is 0 Å². The Labute approximate surface area is 92.6 Å². The van der Waals surface area contributed by atoms with Crippen molar-refractivity contribution in [2.24, 2.45) is 0 Å². The molecule has 0 saturated carbocycles. The summed E-state index contributed by atoms with van der Waals surface area (Å²) in [5, 5.41) is 9.04. The first-order chi connectivity index (χ1) is 7.69. The number of hydrogen-bond donors (Lipinski definition) is 0. The SMILES string of the molecule is COC(=O)c1nc2c(c(C)c1C#N)COC2. The van der Waals surface area contributed by atoms with Crippen LogP contribution in [-0.2, 0) is 22.7 Å². The van der Waals surface area contributed by atoms with Crippen LogP contribution in [0.1, 0.15) is 32.9 Å². The summed E-state index contributed by atoms with van der Waals surface area (Å²) in [6.45, 7) is 2.62. The van der Waals surface area contributed by atoms with Crippen molar-refractivity contribution in [2.75, 3.05) is 7.11 Å². The maximum atomic E-state index is 11.5. The smallest absolute Gasteiger partial charge is 0.358 e. The van der Waals surface area contributed by atoms with Crippen LogP contribution in [0.5, 0.6) is 0 Å². The van der Waals surface area contributed by atoms with E-state index in [2.05, 4.69) is 9.72 Å². The van der Waals surface area contributed by atoms with E-state index in [0.717, 1.165) is 16.8 Å². The van der Waals surface area contributed by atoms with Gasteiger partial charge in [-0.25, -0.2) is 9.78 Å². The van der Waals surface area contributed by atoms with Gasteiger partial charge in [0.2, 0.25) is 0 Å². The van der Waals surface area contributed by atoms with Crippen LogP contribution in [0.3, 0.4) is 0 Å². The number of esters is 1. The van der Waals surface area contributed by atoms with Gasteiger partial charge in [-0.3, -0.25) is 0 Å². The Morgan fingerprint density at radius 3 is 2.94 bits per heavy atom. The third kappa shape index (κ3) is 1.44. The fourth-order valence-corrected chi connectivity index (χ4v) is 1.75. The molecule has 0 atom stereocenters. The van der Waals surface area contributed by atoms with Crippen molar-refractivity contribution in [1.82, 2.24) is 4.98 Å². The fourth-order valence-electron chi connectivity index (χ4n) is 1.75. The number of nitriles is 1. The third-order valence-electron chi connectivity index (χ3n) is 2.64. The third-order valence-corrected chi connectivity index (χ3v) is 2.64. The molecule has 1 aromatic rings. The summed E-state index contributed by atoms with van der Waals surface area (Å²) in [5.74, 6) is -0.589. The van der Waals surface area contributed by atoms with Gasteiger partial charge >= 0.3 is 5.97 Å². The number of carbonyl (C=O) groups excluding carboxylic acids is 1. The first kappa shape index (κ1) is 10.6. The van der Waals surface area contributed by atoms with E-state index in [-0.39, 0.29) is 11.3 Å². The number of ether oxygens (including phenoxy) is 2. The summed E-state index contributed by atoms with van der Waals surface area (Å²) < 4.78 is 9.84. The van der Waals surface area contributed by atoms with E-state index in [0.29, 0.717) is 13.2 Å². The van der Waals surface area contributed by atoms with Crippen LogP contribution in [0.15, 0.2) is 0 Å². The van der Waals surface area contributed by atoms with Gasteiger partial charge in [0.15, 0.2) is 5.69 Å². The highest BCUT2D eigenvalue weighted by molar-refractivity contribution is 5.90. The normalized spacial score (nSPS) is 13.1. The van der Waals surface area contributed by atoms with Crippen LogP contribution < -0.4 is 0 Å². The molecule has 0 unspecified atom stereocenters. The standard InChI is InChI=1S/C11H10N2O3/c1-6-7(3-12)10(11(14)15-2)13-9-5-16-4-8(6)9/h4-5H2,1-2H3. The lowest BCUT2D eigenvalue weighted by Gasteiger charge is -2.08. The van der Waals surface area contributed by atoms with Gasteiger partial charge in [-0.2, -0.15) is 5.26 Å². The van der Waals surface area contributed by atoms with Crippen molar-refractivity contribution in [3.8, 4) is 6.07 Å². The van der Waals surface area contributed by atoms with E-state index < -0.39 is 5.97 Å². The van der Waals surface area contributed by atoms with Crippen molar-refractivity contribution >= 4 is 5.97 Å². The van der Waals surface area contributed by atoms with Gasteiger partial charge in [0.1, 0.15) is 6.07 Å². The second-order valence-corrected chi connectivity index (χ2v) is 3.48. The van der Waals surface area contributed by atoms with Crippen molar-refractivity contribution in [1.29, 1.82) is 5.26 Å². The Morgan fingerprint density at radius 2 is 2.31 bits per heavy atom. The summed E-state index contributed by atoms with van der Waals surface area (Å²) >= 11 is 0. The quantitative estimate of drug-likeness (QED) is 0.659. The Morgan fingerprint density at radius 1 is 1.56 bits per heavy atom. The molecule has 0 saturated heterocycles. The summed E-state index contributed by atoms with van der Waals surface area (Å²) in [7, 11) is 1.27. The van der Waals surface area contributed by atoms with Gasteiger partial charge in [0, 0.05) is 5.56 Å². The van der Waals surface area contributed by atoms with Gasteiger partial charge < -0.3 is 9.47 Å². The number of methoxy groups -OCH3 is 1. The molecule has 1 aliphatic heterocycles. The Hall–Kier alpha value is -1.93. The van der Waals surface area contributed by atoms with E-state index in [1.165, 1.54) is 7.11 Å². The van der Waals surface area contributed by atoms with Crippen LogP contribution >= 0.6 is 0 Å². The zero-order chi connectivity index (χ0) is 11.7. The first-order valence-electron chi connectivity index (χ1n) is 4.77. The second-order valence-electron chi connectivity index (χ2n) is 3.48. The average Bonchev–Trinajstić information content (AvgIpc) is 2.76. The van der Waals surface area contributed by atoms with Crippen molar-refractivity contribution in [3.63, 3.8) is 0 Å². The van der Waals surface area contributed by atoms with Crippen LogP contribution in [0.25, 0.3) is 0 Å². The minimum Gasteiger partial charge on any atom is -0.464 e. The zero-order valence-corrected chi connectivity index (χ0v) is 9.03. The molecule has 1 aliphatic rings. The van der Waals surface area contributed by atoms with E-state index in [1.54, 1.807) is 6.92 Å². The monoisotopic (exact) mass is 218 g/mol. The van der Waals surface area contributed by atoms with E-state index in [9.17, 15) is 4.79 Å². The lowest BCUT2D eigenvalue weighted by atomic mass is 10.0.